The fraction of sp³-hybridized carbons (Fsp3) is 0.333. The number of aromatic nitrogens is 5. The molecule has 0 unspecified atom stereocenters. The number of piperidine rings is 1. The first kappa shape index (κ1) is 21.5. The van der Waals surface area contributed by atoms with Crippen molar-refractivity contribution < 1.29 is 0 Å². The van der Waals surface area contributed by atoms with Gasteiger partial charge in [-0.05, 0) is 78.4 Å². The second-order valence-corrected chi connectivity index (χ2v) is 8.82. The summed E-state index contributed by atoms with van der Waals surface area (Å²) in [5, 5.41) is 12.9. The number of benzene rings is 2. The highest BCUT2D eigenvalue weighted by molar-refractivity contribution is 5.19. The molecule has 3 heterocycles. The highest BCUT2D eigenvalue weighted by Crippen LogP contribution is 2.31. The fourth-order valence-corrected chi connectivity index (χ4v) is 4.83. The third-order valence-corrected chi connectivity index (χ3v) is 6.61. The van der Waals surface area contributed by atoms with Gasteiger partial charge in [-0.15, -0.1) is 5.10 Å². The first-order valence-electron chi connectivity index (χ1n) is 11.9. The van der Waals surface area contributed by atoms with Crippen LogP contribution in [0.1, 0.15) is 41.5 Å². The van der Waals surface area contributed by atoms with Crippen molar-refractivity contribution in [3.05, 3.63) is 108 Å². The molecule has 4 aromatic rings. The van der Waals surface area contributed by atoms with E-state index in [-0.39, 0.29) is 6.04 Å². The Balaban J connectivity index is 1.32. The van der Waals surface area contributed by atoms with E-state index in [0.717, 1.165) is 44.0 Å². The summed E-state index contributed by atoms with van der Waals surface area (Å²) in [5.74, 6) is 1.59. The van der Waals surface area contributed by atoms with Crippen LogP contribution in [0.4, 0.5) is 0 Å². The van der Waals surface area contributed by atoms with Crippen molar-refractivity contribution in [1.82, 2.24) is 30.1 Å². The molecule has 0 radical (unpaired) electrons. The zero-order chi connectivity index (χ0) is 22.3. The lowest BCUT2D eigenvalue weighted by molar-refractivity contribution is 0.141. The van der Waals surface area contributed by atoms with Crippen molar-refractivity contribution in [2.75, 3.05) is 13.1 Å². The zero-order valence-corrected chi connectivity index (χ0v) is 18.9. The summed E-state index contributed by atoms with van der Waals surface area (Å²) in [5.41, 5.74) is 3.73. The average molecular weight is 439 g/mol. The summed E-state index contributed by atoms with van der Waals surface area (Å²) in [6, 6.07) is 27.4. The maximum atomic E-state index is 4.71. The molecule has 168 valence electrons. The number of likely N-dealkylation sites (tertiary alicyclic amines) is 1. The lowest BCUT2D eigenvalue weighted by Gasteiger charge is -2.36. The topological polar surface area (TPSA) is 59.7 Å². The van der Waals surface area contributed by atoms with Crippen LogP contribution in [0.2, 0.25) is 0 Å². The molecule has 0 bridgehead atoms. The summed E-state index contributed by atoms with van der Waals surface area (Å²) in [6.07, 6.45) is 6.25. The molecular weight excluding hydrogens is 408 g/mol. The molecule has 0 N–H and O–H groups in total. The van der Waals surface area contributed by atoms with E-state index in [9.17, 15) is 0 Å². The Morgan fingerprint density at radius 1 is 0.818 bits per heavy atom. The number of tetrazole rings is 1. The number of hydrogen-bond acceptors (Lipinski definition) is 5. The van der Waals surface area contributed by atoms with E-state index in [0.29, 0.717) is 5.92 Å². The quantitative estimate of drug-likeness (QED) is 0.409. The third kappa shape index (κ3) is 5.34. The van der Waals surface area contributed by atoms with Crippen LogP contribution in [0.25, 0.3) is 0 Å². The molecule has 1 saturated heterocycles. The van der Waals surface area contributed by atoms with Crippen molar-refractivity contribution in [3.8, 4) is 0 Å². The van der Waals surface area contributed by atoms with Crippen LogP contribution >= 0.6 is 0 Å². The molecule has 0 spiro atoms. The minimum atomic E-state index is -0.0327. The SMILES string of the molecule is c1ccc(CCn2nnnc2[C@H](c2ccccn2)N2CCC(Cc3ccccc3)CC2)cc1. The van der Waals surface area contributed by atoms with Gasteiger partial charge in [-0.1, -0.05) is 66.7 Å². The van der Waals surface area contributed by atoms with Gasteiger partial charge in [0.1, 0.15) is 6.04 Å². The normalized spacial score (nSPS) is 16.0. The number of rotatable bonds is 8. The van der Waals surface area contributed by atoms with Crippen molar-refractivity contribution in [2.45, 2.75) is 38.3 Å². The summed E-state index contributed by atoms with van der Waals surface area (Å²) in [6.45, 7) is 2.79. The van der Waals surface area contributed by atoms with Crippen molar-refractivity contribution in [2.24, 2.45) is 5.92 Å². The lowest BCUT2D eigenvalue weighted by Crippen LogP contribution is -2.39. The maximum absolute atomic E-state index is 4.71. The van der Waals surface area contributed by atoms with Gasteiger partial charge in [0.15, 0.2) is 5.82 Å². The highest BCUT2D eigenvalue weighted by Gasteiger charge is 2.32. The predicted octanol–water partition coefficient (Wildman–Crippen LogP) is 4.35. The van der Waals surface area contributed by atoms with E-state index in [4.69, 9.17) is 4.98 Å². The Morgan fingerprint density at radius 3 is 2.21 bits per heavy atom. The van der Waals surface area contributed by atoms with Crippen LogP contribution < -0.4 is 0 Å². The molecule has 0 saturated carbocycles. The number of pyridine rings is 1. The summed E-state index contributed by atoms with van der Waals surface area (Å²) < 4.78 is 1.96. The molecule has 2 aromatic heterocycles. The summed E-state index contributed by atoms with van der Waals surface area (Å²) in [4.78, 5) is 7.21. The Labute approximate surface area is 195 Å². The van der Waals surface area contributed by atoms with E-state index in [1.165, 1.54) is 24.0 Å². The molecule has 6 nitrogen and oxygen atoms in total. The predicted molar refractivity (Wildman–Crippen MR) is 128 cm³/mol. The van der Waals surface area contributed by atoms with E-state index in [1.54, 1.807) is 0 Å². The number of hydrogen-bond donors (Lipinski definition) is 0. The molecule has 1 fully saturated rings. The van der Waals surface area contributed by atoms with Crippen LogP contribution in [0.5, 0.6) is 0 Å². The van der Waals surface area contributed by atoms with Gasteiger partial charge in [0, 0.05) is 12.7 Å². The average Bonchev–Trinajstić information content (AvgIpc) is 3.34. The van der Waals surface area contributed by atoms with E-state index >= 15 is 0 Å². The van der Waals surface area contributed by atoms with Crippen LogP contribution in [0.15, 0.2) is 85.1 Å². The molecule has 1 aliphatic rings. The summed E-state index contributed by atoms with van der Waals surface area (Å²) in [7, 11) is 0. The summed E-state index contributed by atoms with van der Waals surface area (Å²) >= 11 is 0. The second-order valence-electron chi connectivity index (χ2n) is 8.82. The van der Waals surface area contributed by atoms with Gasteiger partial charge >= 0.3 is 0 Å². The molecule has 5 rings (SSSR count). The second kappa shape index (κ2) is 10.5. The van der Waals surface area contributed by atoms with Crippen molar-refractivity contribution >= 4 is 0 Å². The van der Waals surface area contributed by atoms with Crippen LogP contribution in [-0.2, 0) is 19.4 Å². The van der Waals surface area contributed by atoms with Gasteiger partial charge in [-0.2, -0.15) is 0 Å². The fourth-order valence-electron chi connectivity index (χ4n) is 4.83. The first-order valence-corrected chi connectivity index (χ1v) is 11.9. The Kier molecular flexibility index (Phi) is 6.82. The molecule has 1 aliphatic heterocycles. The smallest absolute Gasteiger partial charge is 0.174 e. The highest BCUT2D eigenvalue weighted by atomic mass is 15.5. The monoisotopic (exact) mass is 438 g/mol. The van der Waals surface area contributed by atoms with Crippen molar-refractivity contribution in [1.29, 1.82) is 0 Å². The molecular formula is C27H30N6. The molecule has 6 heteroatoms. The first-order chi connectivity index (χ1) is 16.4. The largest absolute Gasteiger partial charge is 0.288 e. The Bertz CT molecular complexity index is 1110. The Morgan fingerprint density at radius 2 is 1.52 bits per heavy atom. The van der Waals surface area contributed by atoms with Gasteiger partial charge in [0.05, 0.1) is 5.69 Å². The minimum absolute atomic E-state index is 0.0327. The zero-order valence-electron chi connectivity index (χ0n) is 18.9. The molecule has 2 aromatic carbocycles. The van der Waals surface area contributed by atoms with E-state index < -0.39 is 0 Å². The maximum Gasteiger partial charge on any atom is 0.174 e. The molecule has 33 heavy (non-hydrogen) atoms. The van der Waals surface area contributed by atoms with Crippen LogP contribution in [0.3, 0.4) is 0 Å². The van der Waals surface area contributed by atoms with Gasteiger partial charge in [0.25, 0.3) is 0 Å². The standard InChI is InChI=1S/C27H30N6/c1-3-9-22(10-4-1)16-20-33-27(29-30-31-33)26(25-13-7-8-17-28-25)32-18-14-24(15-19-32)21-23-11-5-2-6-12-23/h1-13,17,24,26H,14-16,18-21H2/t26-/m0/s1. The Hall–Kier alpha value is -3.38. The minimum Gasteiger partial charge on any atom is -0.288 e. The molecule has 0 amide bonds. The van der Waals surface area contributed by atoms with Gasteiger partial charge in [-0.25, -0.2) is 4.68 Å². The third-order valence-electron chi connectivity index (χ3n) is 6.61. The molecule has 0 aliphatic carbocycles. The van der Waals surface area contributed by atoms with Crippen molar-refractivity contribution in [3.63, 3.8) is 0 Å². The van der Waals surface area contributed by atoms with Gasteiger partial charge < -0.3 is 0 Å². The lowest BCUT2D eigenvalue weighted by atomic mass is 9.89. The van der Waals surface area contributed by atoms with E-state index in [2.05, 4.69) is 87.2 Å². The number of aryl methyl sites for hydroxylation is 2. The number of nitrogens with zero attached hydrogens (tertiary/aromatic N) is 6. The molecule has 1 atom stereocenters. The van der Waals surface area contributed by atoms with Crippen LogP contribution in [0, 0.1) is 5.92 Å². The van der Waals surface area contributed by atoms with Gasteiger partial charge in [-0.3, -0.25) is 9.88 Å². The van der Waals surface area contributed by atoms with Gasteiger partial charge in [0.2, 0.25) is 0 Å². The van der Waals surface area contributed by atoms with E-state index in [1.807, 2.05) is 23.0 Å². The van der Waals surface area contributed by atoms with Crippen LogP contribution in [-0.4, -0.2) is 43.2 Å².